The molecule has 0 spiro atoms. The molecule has 1 aliphatic heterocycles. The molecule has 1 N–H and O–H groups in total. The number of aliphatic hydroxyl groups is 1. The Kier molecular flexibility index (Phi) is 7.67. The van der Waals surface area contributed by atoms with Crippen molar-refractivity contribution in [3.05, 3.63) is 95.1 Å². The van der Waals surface area contributed by atoms with Crippen molar-refractivity contribution < 1.29 is 19.4 Å². The summed E-state index contributed by atoms with van der Waals surface area (Å²) in [5.41, 5.74) is 3.90. The second-order valence-electron chi connectivity index (χ2n) is 9.46. The van der Waals surface area contributed by atoms with Gasteiger partial charge in [-0.3, -0.25) is 14.5 Å². The minimum Gasteiger partial charge on any atom is -0.507 e. The summed E-state index contributed by atoms with van der Waals surface area (Å²) in [6.07, 6.45) is 0.0124. The number of anilines is 2. The number of rotatable bonds is 8. The summed E-state index contributed by atoms with van der Waals surface area (Å²) in [4.78, 5) is 30.5. The van der Waals surface area contributed by atoms with E-state index in [2.05, 4.69) is 18.7 Å². The van der Waals surface area contributed by atoms with Gasteiger partial charge in [-0.05, 0) is 94.3 Å². The van der Waals surface area contributed by atoms with Crippen LogP contribution in [0.4, 0.5) is 11.4 Å². The minimum atomic E-state index is -0.765. The monoisotopic (exact) mass is 498 g/mol. The molecule has 1 atom stereocenters. The third-order valence-electron chi connectivity index (χ3n) is 6.56. The highest BCUT2D eigenvalue weighted by molar-refractivity contribution is 6.51. The van der Waals surface area contributed by atoms with Gasteiger partial charge in [0.2, 0.25) is 0 Å². The Morgan fingerprint density at radius 3 is 2.19 bits per heavy atom. The number of hydrogen-bond donors (Lipinski definition) is 1. The van der Waals surface area contributed by atoms with Gasteiger partial charge in [-0.25, -0.2) is 0 Å². The molecule has 1 saturated heterocycles. The van der Waals surface area contributed by atoms with E-state index in [0.29, 0.717) is 17.0 Å². The first-order valence-corrected chi connectivity index (χ1v) is 12.7. The summed E-state index contributed by atoms with van der Waals surface area (Å²) in [6, 6.07) is 21.5. The molecule has 192 valence electrons. The number of benzene rings is 3. The lowest BCUT2D eigenvalue weighted by Gasteiger charge is -2.27. The molecular weight excluding hydrogens is 464 g/mol. The van der Waals surface area contributed by atoms with Gasteiger partial charge in [-0.2, -0.15) is 0 Å². The van der Waals surface area contributed by atoms with Crippen molar-refractivity contribution in [1.82, 2.24) is 0 Å². The molecule has 0 bridgehead atoms. The zero-order chi connectivity index (χ0) is 26.7. The van der Waals surface area contributed by atoms with Crippen molar-refractivity contribution >= 4 is 28.8 Å². The lowest BCUT2D eigenvalue weighted by Crippen LogP contribution is -2.29. The van der Waals surface area contributed by atoms with E-state index < -0.39 is 17.7 Å². The number of hydrogen-bond acceptors (Lipinski definition) is 5. The van der Waals surface area contributed by atoms with Gasteiger partial charge >= 0.3 is 0 Å². The minimum absolute atomic E-state index is 0.0124. The maximum absolute atomic E-state index is 13.4. The summed E-state index contributed by atoms with van der Waals surface area (Å²) >= 11 is 0. The van der Waals surface area contributed by atoms with Gasteiger partial charge in [0.25, 0.3) is 11.7 Å². The predicted molar refractivity (Wildman–Crippen MR) is 148 cm³/mol. The summed E-state index contributed by atoms with van der Waals surface area (Å²) in [5.74, 6) is -0.915. The van der Waals surface area contributed by atoms with Crippen LogP contribution in [0.15, 0.2) is 78.4 Å². The first-order valence-electron chi connectivity index (χ1n) is 12.7. The summed E-state index contributed by atoms with van der Waals surface area (Å²) < 4.78 is 5.71. The average molecular weight is 499 g/mol. The fraction of sp³-hybridized carbons (Fsp3) is 0.290. The maximum atomic E-state index is 13.4. The van der Waals surface area contributed by atoms with Gasteiger partial charge in [0.15, 0.2) is 0 Å². The fourth-order valence-corrected chi connectivity index (χ4v) is 4.77. The number of aryl methyl sites for hydroxylation is 1. The average Bonchev–Trinajstić information content (AvgIpc) is 3.15. The van der Waals surface area contributed by atoms with Crippen LogP contribution in [0.1, 0.15) is 50.4 Å². The molecule has 0 saturated carbocycles. The van der Waals surface area contributed by atoms with Crippen molar-refractivity contribution in [2.24, 2.45) is 0 Å². The Balaban J connectivity index is 1.85. The second kappa shape index (κ2) is 10.9. The normalized spacial score (nSPS) is 16.9. The van der Waals surface area contributed by atoms with Crippen LogP contribution < -0.4 is 14.5 Å². The van der Waals surface area contributed by atoms with Gasteiger partial charge < -0.3 is 14.7 Å². The number of carbonyl (C=O) groups is 2. The van der Waals surface area contributed by atoms with Gasteiger partial charge in [0.1, 0.15) is 11.5 Å². The Morgan fingerprint density at radius 2 is 1.62 bits per heavy atom. The fourth-order valence-electron chi connectivity index (χ4n) is 4.77. The van der Waals surface area contributed by atoms with Gasteiger partial charge in [0, 0.05) is 30.0 Å². The van der Waals surface area contributed by atoms with E-state index in [0.717, 1.165) is 29.9 Å². The second-order valence-corrected chi connectivity index (χ2v) is 9.46. The van der Waals surface area contributed by atoms with Crippen LogP contribution in [0.3, 0.4) is 0 Å². The van der Waals surface area contributed by atoms with E-state index in [9.17, 15) is 14.7 Å². The van der Waals surface area contributed by atoms with E-state index in [4.69, 9.17) is 4.74 Å². The van der Waals surface area contributed by atoms with Crippen LogP contribution in [0, 0.1) is 6.92 Å². The lowest BCUT2D eigenvalue weighted by atomic mass is 9.94. The Hall–Kier alpha value is -4.06. The van der Waals surface area contributed by atoms with Crippen LogP contribution in [0.5, 0.6) is 5.75 Å². The number of Topliss-reactive ketones (excluding diaryl/α,β-unsaturated/α-hetero) is 1. The number of nitrogens with zero attached hydrogens (tertiary/aromatic N) is 2. The van der Waals surface area contributed by atoms with Gasteiger partial charge in [0.05, 0.1) is 17.7 Å². The first-order chi connectivity index (χ1) is 17.7. The first kappa shape index (κ1) is 26.0. The highest BCUT2D eigenvalue weighted by atomic mass is 16.5. The van der Waals surface area contributed by atoms with E-state index in [-0.39, 0.29) is 17.4 Å². The largest absolute Gasteiger partial charge is 0.507 e. The molecule has 0 aliphatic carbocycles. The van der Waals surface area contributed by atoms with Crippen molar-refractivity contribution in [3.8, 4) is 5.75 Å². The summed E-state index contributed by atoms with van der Waals surface area (Å²) in [6.45, 7) is 11.7. The molecule has 0 aromatic heterocycles. The standard InChI is InChI=1S/C31H34N2O4/c1-6-32(7-2)24-15-11-22(12-16-24)28-27(29(34)23-13-17-26(18-14-23)37-20(3)4)30(35)31(36)33(28)25-10-8-9-21(5)19-25/h8-20,28,34H,6-7H2,1-5H3/b29-27+. The van der Waals surface area contributed by atoms with Gasteiger partial charge in [-0.1, -0.05) is 24.3 Å². The predicted octanol–water partition coefficient (Wildman–Crippen LogP) is 6.25. The number of aliphatic hydroxyl groups excluding tert-OH is 1. The zero-order valence-electron chi connectivity index (χ0n) is 22.1. The Labute approximate surface area is 218 Å². The number of ketones is 1. The van der Waals surface area contributed by atoms with Crippen molar-refractivity contribution in [2.75, 3.05) is 22.9 Å². The van der Waals surface area contributed by atoms with E-state index in [1.807, 2.05) is 69.3 Å². The molecule has 37 heavy (non-hydrogen) atoms. The summed E-state index contributed by atoms with van der Waals surface area (Å²) in [5, 5.41) is 11.4. The van der Waals surface area contributed by atoms with Crippen molar-refractivity contribution in [3.63, 3.8) is 0 Å². The number of carbonyl (C=O) groups excluding carboxylic acids is 2. The highest BCUT2D eigenvalue weighted by Gasteiger charge is 2.47. The highest BCUT2D eigenvalue weighted by Crippen LogP contribution is 2.42. The van der Waals surface area contributed by atoms with Gasteiger partial charge in [-0.15, -0.1) is 0 Å². The van der Waals surface area contributed by atoms with E-state index in [1.165, 1.54) is 4.90 Å². The molecule has 0 radical (unpaired) electrons. The molecule has 1 aliphatic rings. The van der Waals surface area contributed by atoms with Crippen molar-refractivity contribution in [2.45, 2.75) is 46.8 Å². The molecule has 3 aromatic carbocycles. The topological polar surface area (TPSA) is 70.1 Å². The van der Waals surface area contributed by atoms with Crippen LogP contribution >= 0.6 is 0 Å². The smallest absolute Gasteiger partial charge is 0.300 e. The van der Waals surface area contributed by atoms with Crippen LogP contribution in [-0.2, 0) is 9.59 Å². The SMILES string of the molecule is CCN(CC)c1ccc(C2/C(=C(\O)c3ccc(OC(C)C)cc3)C(=O)C(=O)N2c2cccc(C)c2)cc1. The molecule has 3 aromatic rings. The Morgan fingerprint density at radius 1 is 0.973 bits per heavy atom. The number of ether oxygens (including phenoxy) is 1. The maximum Gasteiger partial charge on any atom is 0.300 e. The third-order valence-corrected chi connectivity index (χ3v) is 6.56. The molecule has 1 unspecified atom stereocenters. The molecule has 1 amide bonds. The van der Waals surface area contributed by atoms with Crippen LogP contribution in [0.2, 0.25) is 0 Å². The molecule has 6 nitrogen and oxygen atoms in total. The quantitative estimate of drug-likeness (QED) is 0.226. The molecule has 4 rings (SSSR count). The third kappa shape index (κ3) is 5.24. The molecule has 1 fully saturated rings. The molecular formula is C31H34N2O4. The zero-order valence-corrected chi connectivity index (χ0v) is 22.1. The lowest BCUT2D eigenvalue weighted by molar-refractivity contribution is -0.132. The van der Waals surface area contributed by atoms with Crippen LogP contribution in [0.25, 0.3) is 5.76 Å². The molecule has 6 heteroatoms. The van der Waals surface area contributed by atoms with E-state index >= 15 is 0 Å². The van der Waals surface area contributed by atoms with E-state index in [1.54, 1.807) is 24.3 Å². The van der Waals surface area contributed by atoms with Crippen molar-refractivity contribution in [1.29, 1.82) is 0 Å². The van der Waals surface area contributed by atoms with Crippen LogP contribution in [-0.4, -0.2) is 36.0 Å². The molecule has 1 heterocycles. The summed E-state index contributed by atoms with van der Waals surface area (Å²) in [7, 11) is 0. The number of amides is 1. The Bertz CT molecular complexity index is 1310.